The Morgan fingerprint density at radius 3 is 3.05 bits per heavy atom. The number of anilines is 1. The fourth-order valence-electron chi connectivity index (χ4n) is 1.59. The zero-order valence-electron chi connectivity index (χ0n) is 10.2. The van der Waals surface area contributed by atoms with Crippen LogP contribution in [0.25, 0.3) is 0 Å². The minimum atomic E-state index is -0.622. The minimum absolute atomic E-state index is 0.0262. The summed E-state index contributed by atoms with van der Waals surface area (Å²) < 4.78 is 13.0. The van der Waals surface area contributed by atoms with Crippen molar-refractivity contribution in [2.45, 2.75) is 19.8 Å². The van der Waals surface area contributed by atoms with Crippen molar-refractivity contribution in [1.82, 2.24) is 15.2 Å². The third kappa shape index (κ3) is 3.29. The van der Waals surface area contributed by atoms with E-state index < -0.39 is 11.7 Å². The van der Waals surface area contributed by atoms with Crippen molar-refractivity contribution < 1.29 is 9.18 Å². The SMILES string of the molecule is CCCc1cc(NC(=O)c2cc(F)cnc2Cl)n[nH]1. The van der Waals surface area contributed by atoms with E-state index in [1.807, 2.05) is 6.92 Å². The maximum atomic E-state index is 13.0. The zero-order valence-corrected chi connectivity index (χ0v) is 11.0. The van der Waals surface area contributed by atoms with E-state index >= 15 is 0 Å². The number of carbonyl (C=O) groups excluding carboxylic acids is 1. The van der Waals surface area contributed by atoms with Gasteiger partial charge in [0.15, 0.2) is 5.82 Å². The number of amides is 1. The Labute approximate surface area is 114 Å². The third-order valence-electron chi connectivity index (χ3n) is 2.44. The molecule has 2 heterocycles. The summed E-state index contributed by atoms with van der Waals surface area (Å²) >= 11 is 5.75. The number of hydrogen-bond donors (Lipinski definition) is 2. The number of H-pyrrole nitrogens is 1. The fourth-order valence-corrected chi connectivity index (χ4v) is 1.78. The van der Waals surface area contributed by atoms with Gasteiger partial charge in [-0.05, 0) is 12.5 Å². The number of rotatable bonds is 4. The summed E-state index contributed by atoms with van der Waals surface area (Å²) in [5.74, 6) is -0.802. The number of carbonyl (C=O) groups is 1. The van der Waals surface area contributed by atoms with Gasteiger partial charge in [0, 0.05) is 11.8 Å². The topological polar surface area (TPSA) is 70.7 Å². The van der Waals surface area contributed by atoms with Crippen molar-refractivity contribution in [3.8, 4) is 0 Å². The molecule has 0 atom stereocenters. The number of pyridine rings is 1. The Morgan fingerprint density at radius 2 is 2.32 bits per heavy atom. The molecule has 0 saturated heterocycles. The van der Waals surface area contributed by atoms with Crippen LogP contribution in [-0.2, 0) is 6.42 Å². The van der Waals surface area contributed by atoms with Crippen LogP contribution in [0.5, 0.6) is 0 Å². The first kappa shape index (κ1) is 13.5. The highest BCUT2D eigenvalue weighted by Crippen LogP contribution is 2.16. The summed E-state index contributed by atoms with van der Waals surface area (Å²) in [6, 6.07) is 2.76. The summed E-state index contributed by atoms with van der Waals surface area (Å²) in [6.45, 7) is 2.04. The number of aryl methyl sites for hydroxylation is 1. The Hall–Kier alpha value is -1.95. The molecule has 0 aliphatic carbocycles. The van der Waals surface area contributed by atoms with Gasteiger partial charge in [-0.1, -0.05) is 24.9 Å². The molecule has 5 nitrogen and oxygen atoms in total. The lowest BCUT2D eigenvalue weighted by molar-refractivity contribution is 0.102. The van der Waals surface area contributed by atoms with Crippen LogP contribution in [0.1, 0.15) is 29.4 Å². The molecule has 0 bridgehead atoms. The Morgan fingerprint density at radius 1 is 1.53 bits per heavy atom. The lowest BCUT2D eigenvalue weighted by Crippen LogP contribution is -2.13. The van der Waals surface area contributed by atoms with Crippen molar-refractivity contribution >= 4 is 23.3 Å². The van der Waals surface area contributed by atoms with E-state index in [1.165, 1.54) is 0 Å². The molecular formula is C12H12ClFN4O. The van der Waals surface area contributed by atoms with Crippen LogP contribution < -0.4 is 5.32 Å². The number of halogens is 2. The van der Waals surface area contributed by atoms with Crippen LogP contribution in [0, 0.1) is 5.82 Å². The Kier molecular flexibility index (Phi) is 4.11. The summed E-state index contributed by atoms with van der Waals surface area (Å²) in [7, 11) is 0. The van der Waals surface area contributed by atoms with Gasteiger partial charge < -0.3 is 5.32 Å². The van der Waals surface area contributed by atoms with Crippen LogP contribution in [0.15, 0.2) is 18.3 Å². The zero-order chi connectivity index (χ0) is 13.8. The standard InChI is InChI=1S/C12H12ClFN4O/c1-2-3-8-5-10(18-17-8)16-12(19)9-4-7(14)6-15-11(9)13/h4-6H,2-3H2,1H3,(H2,16,17,18,19). The number of hydrogen-bond acceptors (Lipinski definition) is 3. The monoisotopic (exact) mass is 282 g/mol. The van der Waals surface area contributed by atoms with Gasteiger partial charge in [0.05, 0.1) is 11.8 Å². The van der Waals surface area contributed by atoms with E-state index in [0.717, 1.165) is 30.8 Å². The summed E-state index contributed by atoms with van der Waals surface area (Å²) in [5.41, 5.74) is 0.892. The Bertz CT molecular complexity index is 599. The number of aromatic amines is 1. The first-order valence-electron chi connectivity index (χ1n) is 5.77. The largest absolute Gasteiger partial charge is 0.305 e. The van der Waals surface area contributed by atoms with E-state index in [-0.39, 0.29) is 10.7 Å². The number of aromatic nitrogens is 3. The number of nitrogens with one attached hydrogen (secondary N) is 2. The van der Waals surface area contributed by atoms with Gasteiger partial charge in [0.1, 0.15) is 11.0 Å². The second-order valence-electron chi connectivity index (χ2n) is 3.97. The molecule has 1 amide bonds. The van der Waals surface area contributed by atoms with Gasteiger partial charge in [-0.3, -0.25) is 9.89 Å². The molecule has 0 fully saturated rings. The van der Waals surface area contributed by atoms with Crippen LogP contribution >= 0.6 is 11.6 Å². The summed E-state index contributed by atoms with van der Waals surface area (Å²) in [6.07, 6.45) is 2.76. The van der Waals surface area contributed by atoms with Crippen LogP contribution in [0.3, 0.4) is 0 Å². The fraction of sp³-hybridized carbons (Fsp3) is 0.250. The van der Waals surface area contributed by atoms with Crippen LogP contribution in [-0.4, -0.2) is 21.1 Å². The van der Waals surface area contributed by atoms with Gasteiger partial charge in [-0.25, -0.2) is 9.37 Å². The maximum Gasteiger partial charge on any atom is 0.260 e. The second kappa shape index (κ2) is 5.79. The average Bonchev–Trinajstić information content (AvgIpc) is 2.80. The van der Waals surface area contributed by atoms with E-state index in [1.54, 1.807) is 6.07 Å². The lowest BCUT2D eigenvalue weighted by Gasteiger charge is -2.03. The Balaban J connectivity index is 2.13. The molecule has 0 aliphatic rings. The quantitative estimate of drug-likeness (QED) is 0.847. The molecule has 2 rings (SSSR count). The summed E-state index contributed by atoms with van der Waals surface area (Å²) in [5, 5.41) is 9.22. The molecule has 7 heteroatoms. The molecule has 0 saturated carbocycles. The molecule has 100 valence electrons. The van der Waals surface area contributed by atoms with Crippen LogP contribution in [0.2, 0.25) is 5.15 Å². The summed E-state index contributed by atoms with van der Waals surface area (Å²) in [4.78, 5) is 15.5. The molecule has 0 spiro atoms. The molecule has 0 aliphatic heterocycles. The predicted molar refractivity (Wildman–Crippen MR) is 69.7 cm³/mol. The van der Waals surface area contributed by atoms with Gasteiger partial charge in [-0.2, -0.15) is 5.10 Å². The van der Waals surface area contributed by atoms with E-state index in [4.69, 9.17) is 11.6 Å². The van der Waals surface area contributed by atoms with Crippen molar-refractivity contribution in [2.75, 3.05) is 5.32 Å². The molecule has 0 unspecified atom stereocenters. The molecule has 19 heavy (non-hydrogen) atoms. The first-order chi connectivity index (χ1) is 9.10. The minimum Gasteiger partial charge on any atom is -0.305 e. The molecule has 0 aromatic carbocycles. The van der Waals surface area contributed by atoms with Crippen LogP contribution in [0.4, 0.5) is 10.2 Å². The van der Waals surface area contributed by atoms with E-state index in [2.05, 4.69) is 20.5 Å². The molecule has 2 aromatic rings. The first-order valence-corrected chi connectivity index (χ1v) is 6.14. The smallest absolute Gasteiger partial charge is 0.260 e. The molecule has 0 radical (unpaired) electrons. The number of nitrogens with zero attached hydrogens (tertiary/aromatic N) is 2. The van der Waals surface area contributed by atoms with E-state index in [0.29, 0.717) is 5.82 Å². The van der Waals surface area contributed by atoms with Gasteiger partial charge in [0.2, 0.25) is 0 Å². The highest BCUT2D eigenvalue weighted by Gasteiger charge is 2.14. The molecule has 2 aromatic heterocycles. The average molecular weight is 283 g/mol. The highest BCUT2D eigenvalue weighted by atomic mass is 35.5. The van der Waals surface area contributed by atoms with Gasteiger partial charge >= 0.3 is 0 Å². The second-order valence-corrected chi connectivity index (χ2v) is 4.33. The molecular weight excluding hydrogens is 271 g/mol. The molecule has 2 N–H and O–H groups in total. The van der Waals surface area contributed by atoms with Crippen molar-refractivity contribution in [2.24, 2.45) is 0 Å². The lowest BCUT2D eigenvalue weighted by atomic mass is 10.2. The van der Waals surface area contributed by atoms with Crippen molar-refractivity contribution in [3.63, 3.8) is 0 Å². The maximum absolute atomic E-state index is 13.0. The third-order valence-corrected chi connectivity index (χ3v) is 2.74. The van der Waals surface area contributed by atoms with E-state index in [9.17, 15) is 9.18 Å². The van der Waals surface area contributed by atoms with Crippen molar-refractivity contribution in [3.05, 3.63) is 40.6 Å². The van der Waals surface area contributed by atoms with Gasteiger partial charge in [0.25, 0.3) is 5.91 Å². The van der Waals surface area contributed by atoms with Gasteiger partial charge in [-0.15, -0.1) is 0 Å². The predicted octanol–water partition coefficient (Wildman–Crippen LogP) is 2.80. The van der Waals surface area contributed by atoms with Crippen molar-refractivity contribution in [1.29, 1.82) is 0 Å². The normalized spacial score (nSPS) is 10.5. The highest BCUT2D eigenvalue weighted by molar-refractivity contribution is 6.33.